The molecule has 6 N–H and O–H groups in total. The first-order valence-electron chi connectivity index (χ1n) is 7.30. The lowest BCUT2D eigenvalue weighted by atomic mass is 10.2. The summed E-state index contributed by atoms with van der Waals surface area (Å²) in [6, 6.07) is 16.2. The van der Waals surface area contributed by atoms with E-state index in [4.69, 9.17) is 26.7 Å². The highest BCUT2D eigenvalue weighted by atomic mass is 16.5. The lowest BCUT2D eigenvalue weighted by Gasteiger charge is -2.09. The second kappa shape index (κ2) is 6.00. The zero-order chi connectivity index (χ0) is 16.4. The molecule has 3 rings (SSSR count). The monoisotopic (exact) mass is 313 g/mol. The van der Waals surface area contributed by atoms with Crippen molar-refractivity contribution in [3.05, 3.63) is 60.2 Å². The summed E-state index contributed by atoms with van der Waals surface area (Å²) in [6.07, 6.45) is 0. The highest BCUT2D eigenvalue weighted by Gasteiger charge is 2.63. The normalized spacial score (nSPS) is 21.5. The fourth-order valence-electron chi connectivity index (χ4n) is 2.37. The van der Waals surface area contributed by atoms with Crippen molar-refractivity contribution in [2.45, 2.75) is 18.3 Å². The molecule has 1 fully saturated rings. The molecule has 1 aliphatic rings. The first-order valence-corrected chi connectivity index (χ1v) is 7.30. The van der Waals surface area contributed by atoms with Crippen LogP contribution in [0.1, 0.15) is 5.56 Å². The van der Waals surface area contributed by atoms with Gasteiger partial charge in [0.05, 0.1) is 11.7 Å². The number of hydrogen-bond acceptors (Lipinski definition) is 6. The van der Waals surface area contributed by atoms with Gasteiger partial charge in [0.15, 0.2) is 0 Å². The van der Waals surface area contributed by atoms with Crippen LogP contribution in [0.15, 0.2) is 54.6 Å². The van der Waals surface area contributed by atoms with Crippen molar-refractivity contribution in [3.63, 3.8) is 0 Å². The molecule has 0 aliphatic heterocycles. The van der Waals surface area contributed by atoms with Gasteiger partial charge in [-0.2, -0.15) is 0 Å². The number of ether oxygens (including phenoxy) is 2. The third-order valence-corrected chi connectivity index (χ3v) is 3.88. The van der Waals surface area contributed by atoms with Crippen LogP contribution in [0.5, 0.6) is 11.5 Å². The van der Waals surface area contributed by atoms with Gasteiger partial charge in [-0.3, -0.25) is 4.79 Å². The Hall–Kier alpha value is -2.41. The molecule has 0 radical (unpaired) electrons. The maximum Gasteiger partial charge on any atom is 0.314 e. The number of nitrogens with two attached hydrogens (primary N) is 3. The molecule has 6 nitrogen and oxygen atoms in total. The fourth-order valence-corrected chi connectivity index (χ4v) is 2.37. The van der Waals surface area contributed by atoms with E-state index in [0.717, 1.165) is 11.3 Å². The molecule has 0 heterocycles. The van der Waals surface area contributed by atoms with E-state index in [1.54, 1.807) is 0 Å². The molecular weight excluding hydrogens is 294 g/mol. The molecule has 0 aromatic heterocycles. The van der Waals surface area contributed by atoms with Crippen molar-refractivity contribution < 1.29 is 14.3 Å². The number of benzene rings is 2. The van der Waals surface area contributed by atoms with Crippen molar-refractivity contribution in [1.82, 2.24) is 0 Å². The lowest BCUT2D eigenvalue weighted by molar-refractivity contribution is -0.147. The number of carbonyl (C=O) groups excluding carboxylic acids is 1. The molecule has 2 atom stereocenters. The topological polar surface area (TPSA) is 114 Å². The van der Waals surface area contributed by atoms with Gasteiger partial charge >= 0.3 is 5.97 Å². The molecule has 2 unspecified atom stereocenters. The maximum absolute atomic E-state index is 11.9. The predicted octanol–water partition coefficient (Wildman–Crippen LogP) is 1.09. The number of esters is 1. The Kier molecular flexibility index (Phi) is 4.04. The van der Waals surface area contributed by atoms with Crippen LogP contribution in [0, 0.1) is 5.92 Å². The predicted molar refractivity (Wildman–Crippen MR) is 85.3 cm³/mol. The molecular formula is C17H19N3O3. The molecule has 0 amide bonds. The summed E-state index contributed by atoms with van der Waals surface area (Å²) in [5, 5.41) is 0. The van der Waals surface area contributed by atoms with Crippen LogP contribution in [0.4, 0.5) is 0 Å². The molecule has 120 valence electrons. The highest BCUT2D eigenvalue weighted by Crippen LogP contribution is 2.35. The smallest absolute Gasteiger partial charge is 0.314 e. The van der Waals surface area contributed by atoms with Gasteiger partial charge in [-0.15, -0.1) is 0 Å². The second-order valence-electron chi connectivity index (χ2n) is 5.67. The molecule has 2 aromatic carbocycles. The summed E-state index contributed by atoms with van der Waals surface area (Å²) in [5.41, 5.74) is 16.6. The minimum absolute atomic E-state index is 0.115. The van der Waals surface area contributed by atoms with E-state index < -0.39 is 23.6 Å². The Bertz CT molecular complexity index is 703. The van der Waals surface area contributed by atoms with Gasteiger partial charge in [-0.05, 0) is 29.8 Å². The van der Waals surface area contributed by atoms with E-state index in [9.17, 15) is 4.79 Å². The van der Waals surface area contributed by atoms with Crippen molar-refractivity contribution in [3.8, 4) is 11.5 Å². The molecule has 1 aliphatic carbocycles. The molecule has 1 saturated carbocycles. The van der Waals surface area contributed by atoms with Gasteiger partial charge in [-0.25, -0.2) is 0 Å². The molecule has 6 heteroatoms. The highest BCUT2D eigenvalue weighted by molar-refractivity contribution is 5.80. The summed E-state index contributed by atoms with van der Waals surface area (Å²) in [5.74, 6) is 0.282. The quantitative estimate of drug-likeness (QED) is 0.562. The van der Waals surface area contributed by atoms with Crippen LogP contribution in [0.25, 0.3) is 0 Å². The van der Waals surface area contributed by atoms with Gasteiger partial charge in [0, 0.05) is 0 Å². The lowest BCUT2D eigenvalue weighted by Crippen LogP contribution is -2.41. The summed E-state index contributed by atoms with van der Waals surface area (Å²) >= 11 is 0. The SMILES string of the molecule is NC1C(C(=O)OCc2cccc(Oc3ccccc3)c2)C1(N)N. The third kappa shape index (κ3) is 3.34. The van der Waals surface area contributed by atoms with E-state index in [-0.39, 0.29) is 6.61 Å². The van der Waals surface area contributed by atoms with Gasteiger partial charge in [0.2, 0.25) is 0 Å². The van der Waals surface area contributed by atoms with Crippen LogP contribution < -0.4 is 21.9 Å². The average molecular weight is 313 g/mol. The summed E-state index contributed by atoms with van der Waals surface area (Å²) < 4.78 is 11.0. The first kappa shape index (κ1) is 15.5. The zero-order valence-electron chi connectivity index (χ0n) is 12.5. The Morgan fingerprint density at radius 1 is 1.04 bits per heavy atom. The minimum Gasteiger partial charge on any atom is -0.460 e. The molecule has 0 bridgehead atoms. The number of para-hydroxylation sites is 1. The van der Waals surface area contributed by atoms with Crippen molar-refractivity contribution in [1.29, 1.82) is 0 Å². The Morgan fingerprint density at radius 2 is 1.70 bits per heavy atom. The Balaban J connectivity index is 1.59. The van der Waals surface area contributed by atoms with Gasteiger partial charge < -0.3 is 26.7 Å². The van der Waals surface area contributed by atoms with E-state index in [1.165, 1.54) is 0 Å². The van der Waals surface area contributed by atoms with Gasteiger partial charge in [0.25, 0.3) is 0 Å². The molecule has 2 aromatic rings. The number of carbonyl (C=O) groups is 1. The zero-order valence-corrected chi connectivity index (χ0v) is 12.5. The van der Waals surface area contributed by atoms with Crippen LogP contribution in [0.2, 0.25) is 0 Å². The molecule has 23 heavy (non-hydrogen) atoms. The van der Waals surface area contributed by atoms with Crippen LogP contribution in [-0.4, -0.2) is 17.7 Å². The van der Waals surface area contributed by atoms with Gasteiger partial charge in [-0.1, -0.05) is 30.3 Å². The number of rotatable bonds is 5. The van der Waals surface area contributed by atoms with Crippen molar-refractivity contribution in [2.75, 3.05) is 0 Å². The molecule has 0 spiro atoms. The van der Waals surface area contributed by atoms with Crippen LogP contribution >= 0.6 is 0 Å². The Morgan fingerprint density at radius 3 is 2.35 bits per heavy atom. The summed E-state index contributed by atoms with van der Waals surface area (Å²) in [7, 11) is 0. The fraction of sp³-hybridized carbons (Fsp3) is 0.235. The average Bonchev–Trinajstić information content (AvgIpc) is 3.04. The van der Waals surface area contributed by atoms with E-state index in [0.29, 0.717) is 5.75 Å². The standard InChI is InChI=1S/C17H19N3O3/c18-15-14(17(15,19)20)16(21)22-10-11-5-4-8-13(9-11)23-12-6-2-1-3-7-12/h1-9,14-15H,10,18-20H2. The largest absolute Gasteiger partial charge is 0.460 e. The third-order valence-electron chi connectivity index (χ3n) is 3.88. The second-order valence-corrected chi connectivity index (χ2v) is 5.67. The van der Waals surface area contributed by atoms with Crippen molar-refractivity contribution in [2.24, 2.45) is 23.1 Å². The van der Waals surface area contributed by atoms with E-state index in [2.05, 4.69) is 0 Å². The van der Waals surface area contributed by atoms with E-state index >= 15 is 0 Å². The van der Waals surface area contributed by atoms with Crippen LogP contribution in [-0.2, 0) is 16.1 Å². The molecule has 0 saturated heterocycles. The van der Waals surface area contributed by atoms with Crippen LogP contribution in [0.3, 0.4) is 0 Å². The first-order chi connectivity index (χ1) is 11.0. The van der Waals surface area contributed by atoms with Crippen molar-refractivity contribution >= 4 is 5.97 Å². The maximum atomic E-state index is 11.9. The van der Waals surface area contributed by atoms with E-state index in [1.807, 2.05) is 54.6 Å². The Labute approximate surface area is 134 Å². The minimum atomic E-state index is -1.16. The summed E-state index contributed by atoms with van der Waals surface area (Å²) in [4.78, 5) is 11.9. The number of hydrogen-bond donors (Lipinski definition) is 3. The summed E-state index contributed by atoms with van der Waals surface area (Å²) in [6.45, 7) is 0.115. The van der Waals surface area contributed by atoms with Gasteiger partial charge in [0.1, 0.15) is 24.0 Å².